The van der Waals surface area contributed by atoms with Crippen LogP contribution < -0.4 is 0 Å². The number of likely N-dealkylation sites (N-methyl/N-ethyl adjacent to an activating group) is 1. The van der Waals surface area contributed by atoms with E-state index in [2.05, 4.69) is 78.8 Å². The number of ether oxygens (including phenoxy) is 3. The van der Waals surface area contributed by atoms with Crippen LogP contribution in [0.3, 0.4) is 0 Å². The van der Waals surface area contributed by atoms with Gasteiger partial charge in [0.05, 0.1) is 25.4 Å². The van der Waals surface area contributed by atoms with E-state index in [0.29, 0.717) is 23.0 Å². The van der Waals surface area contributed by atoms with Gasteiger partial charge < -0.3 is 19.1 Å². The second-order valence-electron chi connectivity index (χ2n) is 22.1. The Bertz CT molecular complexity index is 1160. The van der Waals surface area contributed by atoms with E-state index in [4.69, 9.17) is 14.2 Å². The molecule has 0 aliphatic heterocycles. The molecule has 3 fully saturated rings. The van der Waals surface area contributed by atoms with E-state index in [1.165, 1.54) is 180 Å². The fraction of sp³-hybridized carbons (Fsp3) is 0.929. The highest BCUT2D eigenvalue weighted by Crippen LogP contribution is 2.67. The van der Waals surface area contributed by atoms with Crippen LogP contribution in [0.25, 0.3) is 0 Å². The molecule has 0 bridgehead atoms. The van der Waals surface area contributed by atoms with E-state index in [-0.39, 0.29) is 0 Å². The summed E-state index contributed by atoms with van der Waals surface area (Å²) in [6.07, 6.45) is 47.0. The Hall–Kier alpha value is -0.680. The van der Waals surface area contributed by atoms with Crippen molar-refractivity contribution in [1.29, 1.82) is 0 Å². The number of allylic oxidation sites excluding steroid dienone is 3. The molecule has 0 aromatic heterocycles. The Morgan fingerprint density at radius 2 is 1.27 bits per heavy atom. The molecule has 4 nitrogen and oxygen atoms in total. The van der Waals surface area contributed by atoms with Crippen molar-refractivity contribution < 1.29 is 14.2 Å². The summed E-state index contributed by atoms with van der Waals surface area (Å²) in [5.41, 5.74) is 2.78. The summed E-state index contributed by atoms with van der Waals surface area (Å²) in [4.78, 5) is 2.26. The Kier molecular flexibility index (Phi) is 25.1. The van der Waals surface area contributed by atoms with Crippen molar-refractivity contribution in [2.45, 2.75) is 240 Å². The average Bonchev–Trinajstić information content (AvgIpc) is 3.59. The molecule has 350 valence electrons. The standard InChI is InChI=1S/C56H103NO3/c1-9-10-11-12-13-14-15-16-17-18-19-20-21-22-23-26-40-58-44-49(57(7)8)45-59-41-27-24-25-28-42-60-50-36-38-55(5)48(43-50)32-33-51-53-35-34-52(47(4)31-29-30-46(2)3)56(53,6)39-37-54(51)55/h16-17,32,46-47,49-54H,9-15,18-31,33-45H2,1-8H3/t47-,49?,50+,51+,52-,53?,54?,55+,56-/m1/s1. The third-order valence-electron chi connectivity index (χ3n) is 16.9. The zero-order valence-corrected chi connectivity index (χ0v) is 41.6. The zero-order valence-electron chi connectivity index (χ0n) is 41.6. The lowest BCUT2D eigenvalue weighted by atomic mass is 9.47. The second-order valence-corrected chi connectivity index (χ2v) is 22.1. The first-order chi connectivity index (χ1) is 29.1. The van der Waals surface area contributed by atoms with E-state index in [1.54, 1.807) is 5.57 Å². The number of rotatable bonds is 34. The van der Waals surface area contributed by atoms with Crippen LogP contribution in [0.5, 0.6) is 0 Å². The summed E-state index contributed by atoms with van der Waals surface area (Å²) in [5.74, 6) is 5.48. The molecule has 3 unspecified atom stereocenters. The molecule has 4 rings (SSSR count). The van der Waals surface area contributed by atoms with Gasteiger partial charge in [-0.05, 0) is 157 Å². The van der Waals surface area contributed by atoms with Crippen molar-refractivity contribution in [1.82, 2.24) is 4.90 Å². The SMILES string of the molecule is CCCCCCCCC=CCCCCCCCCOCC(COCCCCCCO[C@H]1CC[C@@]2(C)C(=CC[C@@H]3C2CC[C@@]2(C)C3CC[C@@H]2[C@H](C)CCCC(C)C)C1)N(C)C. The predicted octanol–water partition coefficient (Wildman–Crippen LogP) is 16.0. The lowest BCUT2D eigenvalue weighted by molar-refractivity contribution is -0.0641. The van der Waals surface area contributed by atoms with E-state index >= 15 is 0 Å². The van der Waals surface area contributed by atoms with Crippen LogP contribution in [0.1, 0.15) is 228 Å². The Balaban J connectivity index is 0.976. The van der Waals surface area contributed by atoms with Crippen LogP contribution >= 0.6 is 0 Å². The van der Waals surface area contributed by atoms with Gasteiger partial charge in [-0.15, -0.1) is 0 Å². The zero-order chi connectivity index (χ0) is 43.1. The van der Waals surface area contributed by atoms with Crippen LogP contribution in [-0.2, 0) is 14.2 Å². The number of unbranched alkanes of at least 4 members (excludes halogenated alkanes) is 15. The van der Waals surface area contributed by atoms with Crippen LogP contribution in [0.2, 0.25) is 0 Å². The number of hydrogen-bond donors (Lipinski definition) is 0. The normalized spacial score (nSPS) is 28.9. The molecule has 9 atom stereocenters. The molecule has 0 spiro atoms. The van der Waals surface area contributed by atoms with Crippen molar-refractivity contribution in [2.24, 2.45) is 46.3 Å². The minimum absolute atomic E-state index is 0.335. The maximum atomic E-state index is 6.59. The van der Waals surface area contributed by atoms with Crippen molar-refractivity contribution in [3.63, 3.8) is 0 Å². The molecule has 0 heterocycles. The Morgan fingerprint density at radius 3 is 1.88 bits per heavy atom. The number of fused-ring (bicyclic) bond motifs is 5. The maximum absolute atomic E-state index is 6.59. The minimum atomic E-state index is 0.335. The second kappa shape index (κ2) is 29.0. The van der Waals surface area contributed by atoms with Crippen LogP contribution in [0, 0.1) is 46.3 Å². The molecular weight excluding hydrogens is 735 g/mol. The molecule has 0 radical (unpaired) electrons. The van der Waals surface area contributed by atoms with E-state index < -0.39 is 0 Å². The maximum Gasteiger partial charge on any atom is 0.0644 e. The third kappa shape index (κ3) is 17.0. The molecule has 4 heteroatoms. The van der Waals surface area contributed by atoms with Gasteiger partial charge >= 0.3 is 0 Å². The summed E-state index contributed by atoms with van der Waals surface area (Å²) in [6.45, 7) is 19.3. The van der Waals surface area contributed by atoms with E-state index in [9.17, 15) is 0 Å². The van der Waals surface area contributed by atoms with Gasteiger partial charge in [0.1, 0.15) is 0 Å². The summed E-state index contributed by atoms with van der Waals surface area (Å²) in [6, 6.07) is 0.335. The highest BCUT2D eigenvalue weighted by molar-refractivity contribution is 5.25. The van der Waals surface area contributed by atoms with Crippen LogP contribution in [0.15, 0.2) is 23.8 Å². The van der Waals surface area contributed by atoms with Crippen LogP contribution in [0.4, 0.5) is 0 Å². The number of hydrogen-bond acceptors (Lipinski definition) is 4. The van der Waals surface area contributed by atoms with E-state index in [0.717, 1.165) is 75.0 Å². The molecule has 0 amide bonds. The quantitative estimate of drug-likeness (QED) is 0.0477. The molecule has 0 aromatic carbocycles. The van der Waals surface area contributed by atoms with Gasteiger partial charge in [0, 0.05) is 19.8 Å². The topological polar surface area (TPSA) is 30.9 Å². The molecule has 4 aliphatic carbocycles. The summed E-state index contributed by atoms with van der Waals surface area (Å²) < 4.78 is 18.8. The lowest BCUT2D eigenvalue weighted by Crippen LogP contribution is -2.51. The first kappa shape index (κ1) is 51.9. The molecule has 0 aromatic rings. The van der Waals surface area contributed by atoms with Gasteiger partial charge in [-0.25, -0.2) is 0 Å². The Labute approximate surface area is 375 Å². The molecular formula is C56H103NO3. The van der Waals surface area contributed by atoms with Gasteiger partial charge in [-0.3, -0.25) is 0 Å². The molecule has 0 saturated heterocycles. The van der Waals surface area contributed by atoms with Gasteiger partial charge in [-0.2, -0.15) is 0 Å². The molecule has 4 aliphatic rings. The summed E-state index contributed by atoms with van der Waals surface area (Å²) in [7, 11) is 4.31. The van der Waals surface area contributed by atoms with Gasteiger partial charge in [0.2, 0.25) is 0 Å². The van der Waals surface area contributed by atoms with Crippen molar-refractivity contribution in [2.75, 3.05) is 47.1 Å². The van der Waals surface area contributed by atoms with Gasteiger partial charge in [0.15, 0.2) is 0 Å². The van der Waals surface area contributed by atoms with Crippen molar-refractivity contribution in [3.8, 4) is 0 Å². The molecule has 3 saturated carbocycles. The summed E-state index contributed by atoms with van der Waals surface area (Å²) in [5, 5.41) is 0. The van der Waals surface area contributed by atoms with E-state index in [1.807, 2.05) is 0 Å². The first-order valence-corrected chi connectivity index (χ1v) is 26.9. The minimum Gasteiger partial charge on any atom is -0.380 e. The summed E-state index contributed by atoms with van der Waals surface area (Å²) >= 11 is 0. The number of nitrogens with zero attached hydrogens (tertiary/aromatic N) is 1. The third-order valence-corrected chi connectivity index (χ3v) is 16.9. The lowest BCUT2D eigenvalue weighted by Gasteiger charge is -2.58. The van der Waals surface area contributed by atoms with Gasteiger partial charge in [0.25, 0.3) is 0 Å². The van der Waals surface area contributed by atoms with Crippen molar-refractivity contribution >= 4 is 0 Å². The fourth-order valence-electron chi connectivity index (χ4n) is 12.9. The smallest absolute Gasteiger partial charge is 0.0644 e. The highest BCUT2D eigenvalue weighted by Gasteiger charge is 2.59. The van der Waals surface area contributed by atoms with Crippen LogP contribution in [-0.4, -0.2) is 64.2 Å². The molecule has 60 heavy (non-hydrogen) atoms. The Morgan fingerprint density at radius 1 is 0.667 bits per heavy atom. The average molecular weight is 838 g/mol. The monoisotopic (exact) mass is 838 g/mol. The fourth-order valence-corrected chi connectivity index (χ4v) is 12.9. The largest absolute Gasteiger partial charge is 0.380 e. The first-order valence-electron chi connectivity index (χ1n) is 26.9. The molecule has 0 N–H and O–H groups in total. The highest BCUT2D eigenvalue weighted by atomic mass is 16.5. The van der Waals surface area contributed by atoms with Gasteiger partial charge in [-0.1, -0.05) is 155 Å². The van der Waals surface area contributed by atoms with Crippen molar-refractivity contribution in [3.05, 3.63) is 23.8 Å². The predicted molar refractivity (Wildman–Crippen MR) is 260 cm³/mol.